The summed E-state index contributed by atoms with van der Waals surface area (Å²) in [4.78, 5) is 10.9. The molecule has 0 heterocycles. The van der Waals surface area contributed by atoms with E-state index in [1.165, 1.54) is 6.42 Å². The predicted molar refractivity (Wildman–Crippen MR) is 59.4 cm³/mol. The molecule has 3 aliphatic rings. The molecule has 82 valence electrons. The van der Waals surface area contributed by atoms with Crippen LogP contribution in [0.15, 0.2) is 24.3 Å². The second-order valence-corrected chi connectivity index (χ2v) is 5.50. The van der Waals surface area contributed by atoms with E-state index in [1.807, 2.05) is 0 Å². The highest BCUT2D eigenvalue weighted by Gasteiger charge is 2.55. The number of carboxylic acid groups (broad SMARTS) is 1. The lowest BCUT2D eigenvalue weighted by Crippen LogP contribution is -2.52. The van der Waals surface area contributed by atoms with Gasteiger partial charge in [0.1, 0.15) is 0 Å². The van der Waals surface area contributed by atoms with Crippen molar-refractivity contribution in [3.05, 3.63) is 24.3 Å². The number of rotatable bonds is 2. The zero-order valence-corrected chi connectivity index (χ0v) is 9.42. The fraction of sp³-hybridized carbons (Fsp3) is 0.615. The molecule has 2 nitrogen and oxygen atoms in total. The fourth-order valence-electron chi connectivity index (χ4n) is 3.24. The molecule has 0 amide bonds. The molecule has 1 N–H and O–H groups in total. The van der Waals surface area contributed by atoms with Crippen LogP contribution in [-0.2, 0) is 4.79 Å². The summed E-state index contributed by atoms with van der Waals surface area (Å²) in [5, 5.41) is 8.94. The van der Waals surface area contributed by atoms with E-state index >= 15 is 0 Å². The molecule has 3 rings (SSSR count). The maximum atomic E-state index is 10.9. The highest BCUT2D eigenvalue weighted by molar-refractivity contribution is 5.87. The van der Waals surface area contributed by atoms with Crippen molar-refractivity contribution in [2.75, 3.05) is 0 Å². The molecule has 0 saturated heterocycles. The molecule has 3 fully saturated rings. The zero-order chi connectivity index (χ0) is 11.4. The lowest BCUT2D eigenvalue weighted by atomic mass is 9.45. The van der Waals surface area contributed by atoms with Crippen LogP contribution in [0, 0.1) is 23.2 Å². The van der Waals surface area contributed by atoms with Crippen molar-refractivity contribution >= 4 is 5.97 Å². The maximum absolute atomic E-state index is 10.9. The van der Waals surface area contributed by atoms with Gasteiger partial charge in [0, 0.05) is 11.5 Å². The minimum atomic E-state index is -0.875. The van der Waals surface area contributed by atoms with Crippen molar-refractivity contribution in [3.63, 3.8) is 0 Å². The van der Waals surface area contributed by atoms with Gasteiger partial charge in [-0.3, -0.25) is 0 Å². The third-order valence-electron chi connectivity index (χ3n) is 4.58. The van der Waals surface area contributed by atoms with E-state index in [0.717, 1.165) is 12.0 Å². The van der Waals surface area contributed by atoms with Gasteiger partial charge < -0.3 is 5.11 Å². The first-order valence-corrected chi connectivity index (χ1v) is 5.46. The standard InChI is InChI=1S/C13H18O2/c1-7-10(8(2)12(14)15)5-9-6-11(7)13(9,3)4/h9-11H,1-2,5-6H2,3-4H3,(H,14,15)/t9?,10-,11?/m1/s1. The van der Waals surface area contributed by atoms with Crippen LogP contribution >= 0.6 is 0 Å². The van der Waals surface area contributed by atoms with Gasteiger partial charge in [0.25, 0.3) is 0 Å². The van der Waals surface area contributed by atoms with Crippen LogP contribution in [-0.4, -0.2) is 11.1 Å². The molecular formula is C13H18O2. The smallest absolute Gasteiger partial charge is 0.331 e. The van der Waals surface area contributed by atoms with Crippen LogP contribution < -0.4 is 0 Å². The molecule has 15 heavy (non-hydrogen) atoms. The molecule has 3 saturated carbocycles. The van der Waals surface area contributed by atoms with Gasteiger partial charge in [-0.25, -0.2) is 4.79 Å². The van der Waals surface area contributed by atoms with E-state index < -0.39 is 5.97 Å². The summed E-state index contributed by atoms with van der Waals surface area (Å²) in [5.41, 5.74) is 1.74. The lowest BCUT2D eigenvalue weighted by Gasteiger charge is -2.60. The van der Waals surface area contributed by atoms with Crippen LogP contribution in [0.4, 0.5) is 0 Å². The zero-order valence-electron chi connectivity index (χ0n) is 9.42. The molecule has 2 heteroatoms. The Morgan fingerprint density at radius 1 is 1.47 bits per heavy atom. The van der Waals surface area contributed by atoms with Crippen LogP contribution in [0.1, 0.15) is 26.7 Å². The summed E-state index contributed by atoms with van der Waals surface area (Å²) < 4.78 is 0. The number of allylic oxidation sites excluding steroid dienone is 1. The van der Waals surface area contributed by atoms with E-state index in [0.29, 0.717) is 22.8 Å². The summed E-state index contributed by atoms with van der Waals surface area (Å²) >= 11 is 0. The quantitative estimate of drug-likeness (QED) is 0.557. The Balaban J connectivity index is 2.19. The molecule has 0 spiro atoms. The lowest BCUT2D eigenvalue weighted by molar-refractivity contribution is -0.134. The Morgan fingerprint density at radius 3 is 2.47 bits per heavy atom. The first kappa shape index (κ1) is 10.5. The molecular weight excluding hydrogens is 188 g/mol. The van der Waals surface area contributed by atoms with E-state index in [-0.39, 0.29) is 5.92 Å². The van der Waals surface area contributed by atoms with Crippen molar-refractivity contribution < 1.29 is 9.90 Å². The molecule has 2 bridgehead atoms. The van der Waals surface area contributed by atoms with Crippen molar-refractivity contribution in [2.24, 2.45) is 23.2 Å². The van der Waals surface area contributed by atoms with Crippen LogP contribution in [0.2, 0.25) is 0 Å². The van der Waals surface area contributed by atoms with Gasteiger partial charge >= 0.3 is 5.97 Å². The summed E-state index contributed by atoms with van der Waals surface area (Å²) in [6, 6.07) is 0. The third kappa shape index (κ3) is 1.27. The van der Waals surface area contributed by atoms with Crippen molar-refractivity contribution in [1.29, 1.82) is 0 Å². The molecule has 3 atom stereocenters. The molecule has 2 unspecified atom stereocenters. The predicted octanol–water partition coefficient (Wildman–Crippen LogP) is 2.87. The van der Waals surface area contributed by atoms with E-state index in [1.54, 1.807) is 0 Å². The first-order chi connectivity index (χ1) is 6.85. The van der Waals surface area contributed by atoms with Crippen LogP contribution in [0.3, 0.4) is 0 Å². The molecule has 0 radical (unpaired) electrons. The third-order valence-corrected chi connectivity index (χ3v) is 4.58. The largest absolute Gasteiger partial charge is 0.478 e. The summed E-state index contributed by atoms with van der Waals surface area (Å²) in [7, 11) is 0. The van der Waals surface area contributed by atoms with Gasteiger partial charge in [-0.1, -0.05) is 32.6 Å². The minimum absolute atomic E-state index is 0.0132. The van der Waals surface area contributed by atoms with E-state index in [4.69, 9.17) is 5.11 Å². The maximum Gasteiger partial charge on any atom is 0.331 e. The van der Waals surface area contributed by atoms with Crippen molar-refractivity contribution in [3.8, 4) is 0 Å². The Kier molecular flexibility index (Phi) is 2.07. The van der Waals surface area contributed by atoms with Gasteiger partial charge in [-0.15, -0.1) is 0 Å². The summed E-state index contributed by atoms with van der Waals surface area (Å²) in [5.74, 6) is 0.283. The van der Waals surface area contributed by atoms with Crippen molar-refractivity contribution in [2.45, 2.75) is 26.7 Å². The molecule has 3 aliphatic carbocycles. The Hall–Kier alpha value is -1.05. The number of carbonyl (C=O) groups is 1. The van der Waals surface area contributed by atoms with Crippen LogP contribution in [0.25, 0.3) is 0 Å². The number of hydrogen-bond donors (Lipinski definition) is 1. The normalized spacial score (nSPS) is 36.9. The second-order valence-electron chi connectivity index (χ2n) is 5.50. The fourth-order valence-corrected chi connectivity index (χ4v) is 3.24. The summed E-state index contributed by atoms with van der Waals surface area (Å²) in [6.45, 7) is 12.3. The number of hydrogen-bond acceptors (Lipinski definition) is 1. The molecule has 0 aromatic heterocycles. The molecule has 0 aromatic rings. The van der Waals surface area contributed by atoms with Gasteiger partial charge in [0.2, 0.25) is 0 Å². The Morgan fingerprint density at radius 2 is 2.07 bits per heavy atom. The Bertz CT molecular complexity index is 352. The first-order valence-electron chi connectivity index (χ1n) is 5.46. The number of fused-ring (bicyclic) bond motifs is 2. The van der Waals surface area contributed by atoms with Gasteiger partial charge in [-0.05, 0) is 30.1 Å². The summed E-state index contributed by atoms with van der Waals surface area (Å²) in [6.07, 6.45) is 2.11. The highest BCUT2D eigenvalue weighted by Crippen LogP contribution is 2.63. The average molecular weight is 206 g/mol. The molecule has 0 aliphatic heterocycles. The second kappa shape index (κ2) is 2.97. The van der Waals surface area contributed by atoms with Gasteiger partial charge in [0.05, 0.1) is 0 Å². The topological polar surface area (TPSA) is 37.3 Å². The van der Waals surface area contributed by atoms with Gasteiger partial charge in [-0.2, -0.15) is 0 Å². The number of carboxylic acids is 1. The number of aliphatic carboxylic acids is 1. The average Bonchev–Trinajstić information content (AvgIpc) is 2.15. The van der Waals surface area contributed by atoms with Crippen LogP contribution in [0.5, 0.6) is 0 Å². The van der Waals surface area contributed by atoms with E-state index in [2.05, 4.69) is 27.0 Å². The van der Waals surface area contributed by atoms with Gasteiger partial charge in [0.15, 0.2) is 0 Å². The highest BCUT2D eigenvalue weighted by atomic mass is 16.4. The SMILES string of the molecule is C=C(C(=O)O)[C@@H]1CC2CC(C1=C)C2(C)C. The van der Waals surface area contributed by atoms with E-state index in [9.17, 15) is 4.79 Å². The minimum Gasteiger partial charge on any atom is -0.478 e. The monoisotopic (exact) mass is 206 g/mol. The molecule has 0 aromatic carbocycles. The van der Waals surface area contributed by atoms with Crippen molar-refractivity contribution in [1.82, 2.24) is 0 Å². The Labute approximate surface area is 90.7 Å².